The molecule has 1 unspecified atom stereocenters. The monoisotopic (exact) mass is 259 g/mol. The number of carbonyl (C=O) groups excluding carboxylic acids is 2. The van der Waals surface area contributed by atoms with Crippen LogP contribution in [0.25, 0.3) is 0 Å². The number of rotatable bonds is 5. The standard InChI is InChI=1S/C14H17N3O2/c1-3-4-5-9-17-12(18)14(2,16-13(17)19)11-7-6-8-15-10-11/h3,6-8,10H,1,4-5,9H2,2H3,(H,16,19). The molecule has 1 aromatic heterocycles. The van der Waals surface area contributed by atoms with E-state index in [1.54, 1.807) is 37.5 Å². The maximum Gasteiger partial charge on any atom is 0.325 e. The Labute approximate surface area is 112 Å². The Kier molecular flexibility index (Phi) is 3.64. The largest absolute Gasteiger partial charge is 0.325 e. The summed E-state index contributed by atoms with van der Waals surface area (Å²) in [5, 5.41) is 2.74. The third-order valence-electron chi connectivity index (χ3n) is 3.30. The molecule has 1 saturated heterocycles. The lowest BCUT2D eigenvalue weighted by Crippen LogP contribution is -2.41. The molecule has 0 saturated carbocycles. The minimum Gasteiger partial charge on any atom is -0.319 e. The smallest absolute Gasteiger partial charge is 0.319 e. The van der Waals surface area contributed by atoms with Crippen LogP contribution in [0.4, 0.5) is 4.79 Å². The van der Waals surface area contributed by atoms with E-state index in [4.69, 9.17) is 0 Å². The zero-order valence-corrected chi connectivity index (χ0v) is 10.9. The van der Waals surface area contributed by atoms with E-state index in [9.17, 15) is 9.59 Å². The van der Waals surface area contributed by atoms with Gasteiger partial charge in [-0.2, -0.15) is 0 Å². The van der Waals surface area contributed by atoms with E-state index < -0.39 is 5.54 Å². The third kappa shape index (κ3) is 2.36. The minimum absolute atomic E-state index is 0.227. The Hall–Kier alpha value is -2.17. The lowest BCUT2D eigenvalue weighted by Gasteiger charge is -2.21. The molecule has 0 aliphatic carbocycles. The number of nitrogens with one attached hydrogen (secondary N) is 1. The van der Waals surface area contributed by atoms with Gasteiger partial charge in [0.15, 0.2) is 0 Å². The fourth-order valence-electron chi connectivity index (χ4n) is 2.15. The summed E-state index contributed by atoms with van der Waals surface area (Å²) in [7, 11) is 0. The molecule has 0 spiro atoms. The quantitative estimate of drug-likeness (QED) is 0.498. The molecule has 1 aliphatic rings. The Bertz CT molecular complexity index is 501. The Morgan fingerprint density at radius 2 is 2.32 bits per heavy atom. The number of hydrogen-bond donors (Lipinski definition) is 1. The van der Waals surface area contributed by atoms with Crippen LogP contribution in [0.15, 0.2) is 37.2 Å². The normalized spacial score (nSPS) is 22.5. The number of hydrogen-bond acceptors (Lipinski definition) is 3. The zero-order valence-electron chi connectivity index (χ0n) is 10.9. The van der Waals surface area contributed by atoms with Crippen molar-refractivity contribution in [3.05, 3.63) is 42.7 Å². The molecule has 1 N–H and O–H groups in total. The fourth-order valence-corrected chi connectivity index (χ4v) is 2.15. The van der Waals surface area contributed by atoms with Gasteiger partial charge in [-0.15, -0.1) is 6.58 Å². The summed E-state index contributed by atoms with van der Waals surface area (Å²) >= 11 is 0. The summed E-state index contributed by atoms with van der Waals surface area (Å²) in [5.74, 6) is -0.227. The minimum atomic E-state index is -1.01. The molecule has 5 heteroatoms. The van der Waals surface area contributed by atoms with E-state index in [0.29, 0.717) is 12.1 Å². The topological polar surface area (TPSA) is 62.3 Å². The number of urea groups is 1. The average molecular weight is 259 g/mol. The second-order valence-corrected chi connectivity index (χ2v) is 4.68. The molecule has 0 radical (unpaired) electrons. The number of nitrogens with zero attached hydrogens (tertiary/aromatic N) is 2. The average Bonchev–Trinajstić information content (AvgIpc) is 2.64. The van der Waals surface area contributed by atoms with Crippen LogP contribution in [0.5, 0.6) is 0 Å². The number of imide groups is 1. The lowest BCUT2D eigenvalue weighted by molar-refractivity contribution is -0.131. The Morgan fingerprint density at radius 1 is 1.53 bits per heavy atom. The van der Waals surface area contributed by atoms with Crippen LogP contribution in [0.2, 0.25) is 0 Å². The van der Waals surface area contributed by atoms with Crippen molar-refractivity contribution >= 4 is 11.9 Å². The molecule has 1 atom stereocenters. The summed E-state index contributed by atoms with van der Waals surface area (Å²) in [6, 6.07) is 3.19. The molecule has 1 aromatic rings. The maximum atomic E-state index is 12.4. The van der Waals surface area contributed by atoms with Crippen LogP contribution < -0.4 is 5.32 Å². The molecular weight excluding hydrogens is 242 g/mol. The number of unbranched alkanes of at least 4 members (excludes halogenated alkanes) is 1. The molecule has 19 heavy (non-hydrogen) atoms. The van der Waals surface area contributed by atoms with Gasteiger partial charge in [0.2, 0.25) is 0 Å². The Balaban J connectivity index is 2.19. The van der Waals surface area contributed by atoms with E-state index in [-0.39, 0.29) is 11.9 Å². The Morgan fingerprint density at radius 3 is 2.95 bits per heavy atom. The lowest BCUT2D eigenvalue weighted by atomic mass is 9.93. The summed E-state index contributed by atoms with van der Waals surface area (Å²) < 4.78 is 0. The van der Waals surface area contributed by atoms with Gasteiger partial charge < -0.3 is 5.32 Å². The van der Waals surface area contributed by atoms with Gasteiger partial charge in [0, 0.05) is 24.5 Å². The highest BCUT2D eigenvalue weighted by atomic mass is 16.2. The molecule has 3 amide bonds. The number of allylic oxidation sites excluding steroid dienone is 1. The summed E-state index contributed by atoms with van der Waals surface area (Å²) in [5.41, 5.74) is -0.320. The van der Waals surface area contributed by atoms with Gasteiger partial charge in [-0.05, 0) is 25.8 Å². The van der Waals surface area contributed by atoms with Gasteiger partial charge in [-0.3, -0.25) is 14.7 Å². The van der Waals surface area contributed by atoms with Crippen molar-refractivity contribution < 1.29 is 9.59 Å². The van der Waals surface area contributed by atoms with Gasteiger partial charge in [-0.25, -0.2) is 4.79 Å². The predicted molar refractivity (Wildman–Crippen MR) is 71.3 cm³/mol. The van der Waals surface area contributed by atoms with Crippen molar-refractivity contribution in [3.63, 3.8) is 0 Å². The van der Waals surface area contributed by atoms with Crippen molar-refractivity contribution in [3.8, 4) is 0 Å². The van der Waals surface area contributed by atoms with E-state index in [1.807, 2.05) is 0 Å². The fraction of sp³-hybridized carbons (Fsp3) is 0.357. The van der Waals surface area contributed by atoms with Crippen molar-refractivity contribution in [1.82, 2.24) is 15.2 Å². The molecule has 1 aliphatic heterocycles. The third-order valence-corrected chi connectivity index (χ3v) is 3.30. The van der Waals surface area contributed by atoms with Crippen molar-refractivity contribution in [2.24, 2.45) is 0 Å². The molecule has 0 bridgehead atoms. The van der Waals surface area contributed by atoms with Crippen LogP contribution in [-0.2, 0) is 10.3 Å². The first kappa shape index (κ1) is 13.3. The van der Waals surface area contributed by atoms with Crippen molar-refractivity contribution in [2.75, 3.05) is 6.54 Å². The van der Waals surface area contributed by atoms with Gasteiger partial charge >= 0.3 is 6.03 Å². The molecule has 2 rings (SSSR count). The maximum absolute atomic E-state index is 12.4. The number of carbonyl (C=O) groups is 2. The summed E-state index contributed by atoms with van der Waals surface area (Å²) in [6.07, 6.45) is 6.52. The van der Waals surface area contributed by atoms with Crippen LogP contribution >= 0.6 is 0 Å². The molecule has 2 heterocycles. The highest BCUT2D eigenvalue weighted by Gasteiger charge is 2.48. The zero-order chi connectivity index (χ0) is 13.9. The first-order valence-electron chi connectivity index (χ1n) is 6.25. The van der Waals surface area contributed by atoms with Crippen LogP contribution in [0, 0.1) is 0 Å². The molecular formula is C14H17N3O2. The second-order valence-electron chi connectivity index (χ2n) is 4.68. The highest BCUT2D eigenvalue weighted by Crippen LogP contribution is 2.28. The summed E-state index contributed by atoms with van der Waals surface area (Å²) in [6.45, 7) is 5.74. The second kappa shape index (κ2) is 5.22. The summed E-state index contributed by atoms with van der Waals surface area (Å²) in [4.78, 5) is 29.6. The first-order chi connectivity index (χ1) is 9.09. The highest BCUT2D eigenvalue weighted by molar-refractivity contribution is 6.07. The van der Waals surface area contributed by atoms with Crippen LogP contribution in [0.3, 0.4) is 0 Å². The van der Waals surface area contributed by atoms with E-state index in [1.165, 1.54) is 4.90 Å². The number of pyridine rings is 1. The van der Waals surface area contributed by atoms with Gasteiger partial charge in [0.1, 0.15) is 5.54 Å². The van der Waals surface area contributed by atoms with Gasteiger partial charge in [0.25, 0.3) is 5.91 Å². The van der Waals surface area contributed by atoms with Gasteiger partial charge in [-0.1, -0.05) is 12.1 Å². The van der Waals surface area contributed by atoms with Gasteiger partial charge in [0.05, 0.1) is 0 Å². The number of aromatic nitrogens is 1. The van der Waals surface area contributed by atoms with Crippen LogP contribution in [0.1, 0.15) is 25.3 Å². The van der Waals surface area contributed by atoms with E-state index in [0.717, 1.165) is 12.8 Å². The van der Waals surface area contributed by atoms with Crippen molar-refractivity contribution in [1.29, 1.82) is 0 Å². The molecule has 0 aromatic carbocycles. The first-order valence-corrected chi connectivity index (χ1v) is 6.25. The van der Waals surface area contributed by atoms with Crippen molar-refractivity contribution in [2.45, 2.75) is 25.3 Å². The van der Waals surface area contributed by atoms with Crippen LogP contribution in [-0.4, -0.2) is 28.4 Å². The molecule has 5 nitrogen and oxygen atoms in total. The van der Waals surface area contributed by atoms with E-state index in [2.05, 4.69) is 16.9 Å². The number of amides is 3. The molecule has 100 valence electrons. The predicted octanol–water partition coefficient (Wildman–Crippen LogP) is 1.81. The SMILES string of the molecule is C=CCCCN1C(=O)NC(C)(c2cccnc2)C1=O. The molecule has 1 fully saturated rings. The van der Waals surface area contributed by atoms with E-state index >= 15 is 0 Å².